The van der Waals surface area contributed by atoms with Crippen LogP contribution < -0.4 is 14.9 Å². The molecule has 0 bridgehead atoms. The summed E-state index contributed by atoms with van der Waals surface area (Å²) >= 11 is 0. The zero-order valence-corrected chi connectivity index (χ0v) is 19.3. The number of rotatable bonds is 5. The molecule has 1 aliphatic heterocycles. The average molecular weight is 428 g/mol. The maximum atomic E-state index is 5.59. The predicted octanol–water partition coefficient (Wildman–Crippen LogP) is 5.83. The Balaban J connectivity index is 1.76. The monoisotopic (exact) mass is 427 g/mol. The van der Waals surface area contributed by atoms with Crippen LogP contribution in [0.2, 0.25) is 0 Å². The van der Waals surface area contributed by atoms with Gasteiger partial charge in [0.25, 0.3) is 0 Å². The molecular weight excluding hydrogens is 398 g/mol. The lowest BCUT2D eigenvalue weighted by molar-refractivity contribution is 0.340. The summed E-state index contributed by atoms with van der Waals surface area (Å²) in [6.07, 6.45) is 0. The fourth-order valence-electron chi connectivity index (χ4n) is 3.60. The lowest BCUT2D eigenvalue weighted by Crippen LogP contribution is -2.20. The number of nitrogens with one attached hydrogen (secondary N) is 1. The van der Waals surface area contributed by atoms with Crippen LogP contribution in [0.15, 0.2) is 76.8 Å². The van der Waals surface area contributed by atoms with Crippen molar-refractivity contribution in [3.05, 3.63) is 89.0 Å². The summed E-state index contributed by atoms with van der Waals surface area (Å²) in [6.45, 7) is 9.23. The molecule has 0 fully saturated rings. The Kier molecular flexibility index (Phi) is 5.99. The SMILES string of the molecule is CCOc1ccc(C2=NNC(c3ccc(C(C)(C)C)cc3)=Nc3ccc(OC)cc32)cc1. The van der Waals surface area contributed by atoms with Gasteiger partial charge in [-0.3, -0.25) is 5.43 Å². The van der Waals surface area contributed by atoms with E-state index in [4.69, 9.17) is 19.6 Å². The number of hydrazone groups is 1. The molecule has 0 atom stereocenters. The Hall–Kier alpha value is -3.60. The van der Waals surface area contributed by atoms with E-state index in [0.29, 0.717) is 12.4 Å². The molecule has 0 amide bonds. The molecule has 3 aromatic rings. The summed E-state index contributed by atoms with van der Waals surface area (Å²) in [6, 6.07) is 22.3. The molecule has 1 N–H and O–H groups in total. The fraction of sp³-hybridized carbons (Fsp3) is 0.259. The minimum absolute atomic E-state index is 0.0966. The predicted molar refractivity (Wildman–Crippen MR) is 131 cm³/mol. The van der Waals surface area contributed by atoms with Gasteiger partial charge in [0, 0.05) is 16.7 Å². The van der Waals surface area contributed by atoms with Gasteiger partial charge < -0.3 is 9.47 Å². The summed E-state index contributed by atoms with van der Waals surface area (Å²) in [5.74, 6) is 2.30. The van der Waals surface area contributed by atoms with Crippen LogP contribution in [0.5, 0.6) is 11.5 Å². The number of nitrogens with zero attached hydrogens (tertiary/aromatic N) is 2. The standard InChI is InChI=1S/C27H29N3O2/c1-6-32-21-13-9-18(10-14-21)25-23-17-22(31-5)15-16-24(23)28-26(30-29-25)19-7-11-20(12-8-19)27(2,3)4/h7-17H,6H2,1-5H3,(H,28,30). The second-order valence-corrected chi connectivity index (χ2v) is 8.70. The Morgan fingerprint density at radius 2 is 1.50 bits per heavy atom. The van der Waals surface area contributed by atoms with Crippen molar-refractivity contribution >= 4 is 17.2 Å². The van der Waals surface area contributed by atoms with Gasteiger partial charge in [-0.15, -0.1) is 0 Å². The average Bonchev–Trinajstić information content (AvgIpc) is 2.98. The van der Waals surface area contributed by atoms with Gasteiger partial charge in [-0.25, -0.2) is 4.99 Å². The van der Waals surface area contributed by atoms with Gasteiger partial charge in [-0.1, -0.05) is 45.0 Å². The Bertz CT molecular complexity index is 1160. The third kappa shape index (κ3) is 4.52. The second-order valence-electron chi connectivity index (χ2n) is 8.70. The van der Waals surface area contributed by atoms with Crippen molar-refractivity contribution in [1.82, 2.24) is 5.43 Å². The summed E-state index contributed by atoms with van der Waals surface area (Å²) in [4.78, 5) is 4.91. The minimum atomic E-state index is 0.0966. The fourth-order valence-corrected chi connectivity index (χ4v) is 3.60. The number of methoxy groups -OCH3 is 1. The van der Waals surface area contributed by atoms with Crippen LogP contribution in [-0.4, -0.2) is 25.3 Å². The molecule has 1 aliphatic rings. The van der Waals surface area contributed by atoms with Crippen LogP contribution in [-0.2, 0) is 5.41 Å². The van der Waals surface area contributed by atoms with Gasteiger partial charge in [0.15, 0.2) is 5.84 Å². The minimum Gasteiger partial charge on any atom is -0.497 e. The van der Waals surface area contributed by atoms with E-state index in [1.807, 2.05) is 49.4 Å². The highest BCUT2D eigenvalue weighted by atomic mass is 16.5. The van der Waals surface area contributed by atoms with E-state index in [0.717, 1.165) is 39.6 Å². The van der Waals surface area contributed by atoms with Crippen molar-refractivity contribution in [3.8, 4) is 11.5 Å². The molecule has 3 aromatic carbocycles. The molecule has 4 rings (SSSR count). The van der Waals surface area contributed by atoms with Crippen LogP contribution in [0.4, 0.5) is 5.69 Å². The van der Waals surface area contributed by atoms with Gasteiger partial charge in [-0.05, 0) is 60.4 Å². The summed E-state index contributed by atoms with van der Waals surface area (Å²) in [7, 11) is 1.66. The highest BCUT2D eigenvalue weighted by Crippen LogP contribution is 2.30. The lowest BCUT2D eigenvalue weighted by atomic mass is 9.86. The summed E-state index contributed by atoms with van der Waals surface area (Å²) in [5.41, 5.74) is 9.05. The first kappa shape index (κ1) is 21.6. The molecule has 0 unspecified atom stereocenters. The number of ether oxygens (including phenoxy) is 2. The van der Waals surface area contributed by atoms with E-state index in [2.05, 4.69) is 50.5 Å². The smallest absolute Gasteiger partial charge is 0.154 e. The number of fused-ring (bicyclic) bond motifs is 1. The van der Waals surface area contributed by atoms with E-state index in [9.17, 15) is 0 Å². The Morgan fingerprint density at radius 1 is 0.844 bits per heavy atom. The molecule has 5 heteroatoms. The molecule has 0 aromatic heterocycles. The van der Waals surface area contributed by atoms with Crippen molar-refractivity contribution in [1.29, 1.82) is 0 Å². The summed E-state index contributed by atoms with van der Waals surface area (Å²) in [5, 5.41) is 4.75. The van der Waals surface area contributed by atoms with Crippen molar-refractivity contribution in [2.75, 3.05) is 13.7 Å². The number of hydrogen-bond acceptors (Lipinski definition) is 5. The topological polar surface area (TPSA) is 55.2 Å². The van der Waals surface area contributed by atoms with Gasteiger partial charge in [0.05, 0.1) is 19.4 Å². The Labute approximate surface area is 189 Å². The van der Waals surface area contributed by atoms with E-state index in [1.165, 1.54) is 5.56 Å². The van der Waals surface area contributed by atoms with Crippen LogP contribution in [0, 0.1) is 0 Å². The first-order valence-corrected chi connectivity index (χ1v) is 10.8. The number of hydrogen-bond donors (Lipinski definition) is 1. The molecule has 5 nitrogen and oxygen atoms in total. The van der Waals surface area contributed by atoms with E-state index in [-0.39, 0.29) is 5.41 Å². The molecule has 32 heavy (non-hydrogen) atoms. The van der Waals surface area contributed by atoms with Crippen molar-refractivity contribution in [3.63, 3.8) is 0 Å². The maximum Gasteiger partial charge on any atom is 0.154 e. The van der Waals surface area contributed by atoms with Gasteiger partial charge in [-0.2, -0.15) is 5.10 Å². The molecule has 0 saturated heterocycles. The van der Waals surface area contributed by atoms with Gasteiger partial charge >= 0.3 is 0 Å². The molecule has 0 spiro atoms. The van der Waals surface area contributed by atoms with Gasteiger partial charge in [0.2, 0.25) is 0 Å². The highest BCUT2D eigenvalue weighted by Gasteiger charge is 2.19. The third-order valence-corrected chi connectivity index (χ3v) is 5.43. The summed E-state index contributed by atoms with van der Waals surface area (Å²) < 4.78 is 11.1. The molecule has 164 valence electrons. The molecule has 0 aliphatic carbocycles. The highest BCUT2D eigenvalue weighted by molar-refractivity contribution is 6.18. The van der Waals surface area contributed by atoms with Crippen molar-refractivity contribution in [2.45, 2.75) is 33.1 Å². The first-order valence-electron chi connectivity index (χ1n) is 10.8. The number of aliphatic imine (C=N–C) groups is 1. The first-order chi connectivity index (χ1) is 15.4. The normalized spacial score (nSPS) is 13.3. The quantitative estimate of drug-likeness (QED) is 0.558. The molecule has 0 saturated carbocycles. The molecule has 1 heterocycles. The second kappa shape index (κ2) is 8.87. The lowest BCUT2D eigenvalue weighted by Gasteiger charge is -2.19. The van der Waals surface area contributed by atoms with E-state index < -0.39 is 0 Å². The zero-order valence-electron chi connectivity index (χ0n) is 19.3. The van der Waals surface area contributed by atoms with Crippen molar-refractivity contribution < 1.29 is 9.47 Å². The van der Waals surface area contributed by atoms with Crippen LogP contribution in [0.1, 0.15) is 49.9 Å². The van der Waals surface area contributed by atoms with E-state index in [1.54, 1.807) is 7.11 Å². The maximum absolute atomic E-state index is 5.59. The Morgan fingerprint density at radius 3 is 2.12 bits per heavy atom. The molecule has 0 radical (unpaired) electrons. The van der Waals surface area contributed by atoms with Crippen LogP contribution in [0.3, 0.4) is 0 Å². The van der Waals surface area contributed by atoms with Crippen molar-refractivity contribution in [2.24, 2.45) is 10.1 Å². The number of benzene rings is 3. The van der Waals surface area contributed by atoms with Gasteiger partial charge in [0.1, 0.15) is 17.2 Å². The molecular formula is C27H29N3O2. The van der Waals surface area contributed by atoms with Crippen LogP contribution >= 0.6 is 0 Å². The zero-order chi connectivity index (χ0) is 22.7. The number of amidine groups is 1. The largest absolute Gasteiger partial charge is 0.497 e. The van der Waals surface area contributed by atoms with Crippen LogP contribution in [0.25, 0.3) is 0 Å². The third-order valence-electron chi connectivity index (χ3n) is 5.43. The van der Waals surface area contributed by atoms with E-state index >= 15 is 0 Å².